The molecule has 2 rings (SSSR count). The van der Waals surface area contributed by atoms with Crippen molar-refractivity contribution in [1.29, 1.82) is 0 Å². The summed E-state index contributed by atoms with van der Waals surface area (Å²) in [6.07, 6.45) is 1.54. The van der Waals surface area contributed by atoms with Crippen LogP contribution in [-0.2, 0) is 10.0 Å². The summed E-state index contributed by atoms with van der Waals surface area (Å²) in [6.45, 7) is 3.87. The number of sulfonamides is 1. The molecule has 0 atom stereocenters. The van der Waals surface area contributed by atoms with Crippen molar-refractivity contribution < 1.29 is 8.42 Å². The van der Waals surface area contributed by atoms with E-state index in [9.17, 15) is 8.42 Å². The van der Waals surface area contributed by atoms with Crippen LogP contribution in [0.4, 0.5) is 5.82 Å². The molecule has 0 saturated heterocycles. The van der Waals surface area contributed by atoms with E-state index in [1.54, 1.807) is 12.3 Å². The molecule has 0 unspecified atom stereocenters. The van der Waals surface area contributed by atoms with Crippen molar-refractivity contribution in [1.82, 2.24) is 9.97 Å². The molecular formula is C14H15Cl2N3O2S. The summed E-state index contributed by atoms with van der Waals surface area (Å²) in [5.41, 5.74) is 0. The Morgan fingerprint density at radius 2 is 1.82 bits per heavy atom. The van der Waals surface area contributed by atoms with Crippen molar-refractivity contribution in [2.24, 2.45) is 0 Å². The monoisotopic (exact) mass is 359 g/mol. The minimum absolute atomic E-state index is 0.0501. The molecule has 1 aromatic carbocycles. The molecule has 5 nitrogen and oxygen atoms in total. The van der Waals surface area contributed by atoms with Gasteiger partial charge in [0.2, 0.25) is 0 Å². The van der Waals surface area contributed by atoms with Crippen LogP contribution in [-0.4, -0.2) is 25.4 Å². The van der Waals surface area contributed by atoms with E-state index in [2.05, 4.69) is 9.97 Å². The van der Waals surface area contributed by atoms with Crippen LogP contribution in [0.1, 0.15) is 25.6 Å². The first kappa shape index (κ1) is 17.0. The molecule has 0 N–H and O–H groups in total. The fourth-order valence-electron chi connectivity index (χ4n) is 1.74. The number of anilines is 1. The first-order valence-electron chi connectivity index (χ1n) is 6.50. The molecule has 0 amide bonds. The molecule has 0 aliphatic rings. The number of halogens is 2. The van der Waals surface area contributed by atoms with Gasteiger partial charge in [0.1, 0.15) is 11.6 Å². The molecule has 118 valence electrons. The van der Waals surface area contributed by atoms with Crippen LogP contribution >= 0.6 is 23.2 Å². The Morgan fingerprint density at radius 1 is 1.14 bits per heavy atom. The largest absolute Gasteiger partial charge is 0.265 e. The van der Waals surface area contributed by atoms with Gasteiger partial charge >= 0.3 is 0 Å². The number of hydrogen-bond donors (Lipinski definition) is 0. The van der Waals surface area contributed by atoms with Crippen LogP contribution in [0.2, 0.25) is 10.0 Å². The Hall–Kier alpha value is -1.37. The summed E-state index contributed by atoms with van der Waals surface area (Å²) in [5, 5.41) is 0.481. The zero-order chi connectivity index (χ0) is 16.5. The maximum atomic E-state index is 12.6. The van der Waals surface area contributed by atoms with Gasteiger partial charge in [-0.3, -0.25) is 4.31 Å². The van der Waals surface area contributed by atoms with Crippen molar-refractivity contribution in [3.05, 3.63) is 46.3 Å². The maximum absolute atomic E-state index is 12.6. The molecule has 0 aliphatic heterocycles. The molecular weight excluding hydrogens is 345 g/mol. The average molecular weight is 360 g/mol. The first-order chi connectivity index (χ1) is 10.2. The van der Waals surface area contributed by atoms with Gasteiger partial charge in [-0.1, -0.05) is 37.0 Å². The number of nitrogens with zero attached hydrogens (tertiary/aromatic N) is 3. The second kappa shape index (κ2) is 6.40. The van der Waals surface area contributed by atoms with Gasteiger partial charge in [0.05, 0.1) is 14.9 Å². The van der Waals surface area contributed by atoms with E-state index in [1.165, 1.54) is 25.2 Å². The molecule has 0 saturated carbocycles. The van der Waals surface area contributed by atoms with Crippen LogP contribution in [0.25, 0.3) is 0 Å². The molecule has 0 bridgehead atoms. The molecule has 0 spiro atoms. The van der Waals surface area contributed by atoms with E-state index in [0.717, 1.165) is 4.31 Å². The van der Waals surface area contributed by atoms with Crippen molar-refractivity contribution in [2.45, 2.75) is 24.7 Å². The third-order valence-corrected chi connectivity index (χ3v) is 5.54. The van der Waals surface area contributed by atoms with Crippen LogP contribution in [0, 0.1) is 0 Å². The van der Waals surface area contributed by atoms with Crippen LogP contribution in [0.3, 0.4) is 0 Å². The highest BCUT2D eigenvalue weighted by atomic mass is 35.5. The van der Waals surface area contributed by atoms with Gasteiger partial charge < -0.3 is 0 Å². The topological polar surface area (TPSA) is 63.2 Å². The predicted molar refractivity (Wildman–Crippen MR) is 88.2 cm³/mol. The quantitative estimate of drug-likeness (QED) is 0.833. The lowest BCUT2D eigenvalue weighted by molar-refractivity contribution is 0.593. The fourth-order valence-corrected chi connectivity index (χ4v) is 3.27. The van der Waals surface area contributed by atoms with E-state index >= 15 is 0 Å². The predicted octanol–water partition coefficient (Wildman–Crippen LogP) is 3.73. The summed E-state index contributed by atoms with van der Waals surface area (Å²) in [7, 11) is -2.34. The van der Waals surface area contributed by atoms with E-state index in [-0.39, 0.29) is 15.8 Å². The highest BCUT2D eigenvalue weighted by Gasteiger charge is 2.23. The Balaban J connectivity index is 2.44. The lowest BCUT2D eigenvalue weighted by atomic mass is 10.2. The van der Waals surface area contributed by atoms with Gasteiger partial charge in [-0.25, -0.2) is 18.4 Å². The second-order valence-electron chi connectivity index (χ2n) is 4.98. The van der Waals surface area contributed by atoms with Gasteiger partial charge in [-0.15, -0.1) is 0 Å². The molecule has 1 heterocycles. The minimum Gasteiger partial charge on any atom is -0.253 e. The van der Waals surface area contributed by atoms with Gasteiger partial charge in [0, 0.05) is 25.2 Å². The van der Waals surface area contributed by atoms with Crippen molar-refractivity contribution in [3.63, 3.8) is 0 Å². The molecule has 8 heteroatoms. The van der Waals surface area contributed by atoms with E-state index in [1.807, 2.05) is 13.8 Å². The Labute approximate surface area is 140 Å². The van der Waals surface area contributed by atoms with Crippen molar-refractivity contribution in [2.75, 3.05) is 11.4 Å². The van der Waals surface area contributed by atoms with E-state index in [4.69, 9.17) is 23.2 Å². The Kier molecular flexibility index (Phi) is 4.94. The van der Waals surface area contributed by atoms with Gasteiger partial charge in [-0.05, 0) is 18.2 Å². The fraction of sp³-hybridized carbons (Fsp3) is 0.286. The third kappa shape index (κ3) is 3.34. The maximum Gasteiger partial charge on any atom is 0.265 e. The summed E-state index contributed by atoms with van der Waals surface area (Å²) in [4.78, 5) is 8.46. The average Bonchev–Trinajstić information content (AvgIpc) is 2.49. The molecule has 0 fully saturated rings. The number of rotatable bonds is 4. The molecule has 0 aliphatic carbocycles. The molecule has 1 aromatic heterocycles. The van der Waals surface area contributed by atoms with Crippen molar-refractivity contribution in [3.8, 4) is 0 Å². The minimum atomic E-state index is -3.77. The highest BCUT2D eigenvalue weighted by molar-refractivity contribution is 7.92. The summed E-state index contributed by atoms with van der Waals surface area (Å²) in [6, 6.07) is 5.72. The van der Waals surface area contributed by atoms with E-state index < -0.39 is 10.0 Å². The summed E-state index contributed by atoms with van der Waals surface area (Å²) in [5.74, 6) is 0.972. The lowest BCUT2D eigenvalue weighted by Crippen LogP contribution is -2.27. The summed E-state index contributed by atoms with van der Waals surface area (Å²) < 4.78 is 26.4. The zero-order valence-corrected chi connectivity index (χ0v) is 14.6. The van der Waals surface area contributed by atoms with Gasteiger partial charge in [-0.2, -0.15) is 0 Å². The van der Waals surface area contributed by atoms with E-state index in [0.29, 0.717) is 16.7 Å². The number of aromatic nitrogens is 2. The Bertz CT molecular complexity index is 794. The SMILES string of the molecule is CC(C)c1nccc(N(C)S(=O)(=O)c2ccc(Cl)c(Cl)c2)n1. The third-order valence-electron chi connectivity index (χ3n) is 3.05. The van der Waals surface area contributed by atoms with Crippen LogP contribution < -0.4 is 4.31 Å². The normalized spacial score (nSPS) is 11.7. The second-order valence-corrected chi connectivity index (χ2v) is 7.76. The van der Waals surface area contributed by atoms with Gasteiger partial charge in [0.25, 0.3) is 10.0 Å². The summed E-state index contributed by atoms with van der Waals surface area (Å²) >= 11 is 11.7. The molecule has 22 heavy (non-hydrogen) atoms. The van der Waals surface area contributed by atoms with Gasteiger partial charge in [0.15, 0.2) is 0 Å². The highest BCUT2D eigenvalue weighted by Crippen LogP contribution is 2.27. The number of hydrogen-bond acceptors (Lipinski definition) is 4. The van der Waals surface area contributed by atoms with Crippen molar-refractivity contribution >= 4 is 39.0 Å². The first-order valence-corrected chi connectivity index (χ1v) is 8.70. The molecule has 2 aromatic rings. The lowest BCUT2D eigenvalue weighted by Gasteiger charge is -2.19. The van der Waals surface area contributed by atoms with Crippen LogP contribution in [0.15, 0.2) is 35.4 Å². The standard InChI is InChI=1S/C14H15Cl2N3O2S/c1-9(2)14-17-7-6-13(18-14)19(3)22(20,21)10-4-5-11(15)12(16)8-10/h4-9H,1-3H3. The smallest absolute Gasteiger partial charge is 0.253 e. The Morgan fingerprint density at radius 3 is 2.41 bits per heavy atom. The molecule has 0 radical (unpaired) electrons. The zero-order valence-electron chi connectivity index (χ0n) is 12.3. The number of benzene rings is 1. The van der Waals surface area contributed by atoms with Crippen LogP contribution in [0.5, 0.6) is 0 Å².